The fraction of sp³-hybridized carbons (Fsp3) is 0.571. The molecule has 1 unspecified atom stereocenters. The van der Waals surface area contributed by atoms with Crippen molar-refractivity contribution in [2.75, 3.05) is 0 Å². The van der Waals surface area contributed by atoms with Crippen LogP contribution in [0.25, 0.3) is 0 Å². The van der Waals surface area contributed by atoms with Crippen LogP contribution in [0, 0.1) is 17.6 Å². The number of hydrazine groups is 1. The zero-order valence-corrected chi connectivity index (χ0v) is 10.5. The van der Waals surface area contributed by atoms with Crippen molar-refractivity contribution in [3.05, 3.63) is 35.4 Å². The summed E-state index contributed by atoms with van der Waals surface area (Å²) in [7, 11) is 0. The predicted octanol–water partition coefficient (Wildman–Crippen LogP) is 2.92. The Morgan fingerprint density at radius 1 is 1.22 bits per heavy atom. The number of nitrogens with two attached hydrogens (primary N) is 1. The molecule has 1 aromatic carbocycles. The summed E-state index contributed by atoms with van der Waals surface area (Å²) in [4.78, 5) is 0. The van der Waals surface area contributed by atoms with Crippen LogP contribution in [0.4, 0.5) is 8.78 Å². The maximum absolute atomic E-state index is 13.6. The van der Waals surface area contributed by atoms with Crippen molar-refractivity contribution in [3.63, 3.8) is 0 Å². The molecule has 0 spiro atoms. The number of hydrogen-bond acceptors (Lipinski definition) is 2. The third-order valence-electron chi connectivity index (χ3n) is 3.88. The molecule has 2 nitrogen and oxygen atoms in total. The summed E-state index contributed by atoms with van der Waals surface area (Å²) in [6.45, 7) is 0. The maximum atomic E-state index is 13.6. The molecule has 1 saturated carbocycles. The lowest BCUT2D eigenvalue weighted by molar-refractivity contribution is 0.267. The van der Waals surface area contributed by atoms with E-state index in [0.717, 1.165) is 18.9 Å². The normalized spacial score (nSPS) is 18.8. The zero-order valence-electron chi connectivity index (χ0n) is 10.5. The Labute approximate surface area is 107 Å². The van der Waals surface area contributed by atoms with E-state index in [1.807, 2.05) is 0 Å². The highest BCUT2D eigenvalue weighted by Gasteiger charge is 2.23. The molecule has 0 saturated heterocycles. The van der Waals surface area contributed by atoms with Gasteiger partial charge in [0.1, 0.15) is 11.6 Å². The van der Waals surface area contributed by atoms with Crippen LogP contribution in [0.5, 0.6) is 0 Å². The highest BCUT2D eigenvalue weighted by molar-refractivity contribution is 5.20. The Morgan fingerprint density at radius 2 is 1.94 bits per heavy atom. The van der Waals surface area contributed by atoms with E-state index in [9.17, 15) is 8.78 Å². The van der Waals surface area contributed by atoms with Gasteiger partial charge in [-0.25, -0.2) is 8.78 Å². The van der Waals surface area contributed by atoms with E-state index in [4.69, 9.17) is 5.84 Å². The summed E-state index contributed by atoms with van der Waals surface area (Å²) in [5, 5.41) is 0. The van der Waals surface area contributed by atoms with Crippen molar-refractivity contribution < 1.29 is 8.78 Å². The smallest absolute Gasteiger partial charge is 0.126 e. The van der Waals surface area contributed by atoms with E-state index >= 15 is 0 Å². The number of rotatable bonds is 4. The van der Waals surface area contributed by atoms with E-state index in [-0.39, 0.29) is 11.9 Å². The number of nitrogens with one attached hydrogen (secondary N) is 1. The van der Waals surface area contributed by atoms with Crippen LogP contribution in [-0.2, 0) is 6.42 Å². The SMILES string of the molecule is NNC(Cc1cc(F)ccc1F)C1CCCCC1. The summed E-state index contributed by atoms with van der Waals surface area (Å²) in [5.74, 6) is 5.29. The van der Waals surface area contributed by atoms with Gasteiger partial charge in [0, 0.05) is 6.04 Å². The molecule has 0 bridgehead atoms. The molecular weight excluding hydrogens is 234 g/mol. The molecule has 0 heterocycles. The predicted molar refractivity (Wildman–Crippen MR) is 67.7 cm³/mol. The largest absolute Gasteiger partial charge is 0.271 e. The van der Waals surface area contributed by atoms with Crippen LogP contribution >= 0.6 is 0 Å². The van der Waals surface area contributed by atoms with Crippen molar-refractivity contribution in [3.8, 4) is 0 Å². The van der Waals surface area contributed by atoms with Gasteiger partial charge in [-0.15, -0.1) is 0 Å². The van der Waals surface area contributed by atoms with Crippen molar-refractivity contribution in [1.29, 1.82) is 0 Å². The van der Waals surface area contributed by atoms with Crippen LogP contribution in [0.15, 0.2) is 18.2 Å². The van der Waals surface area contributed by atoms with Gasteiger partial charge in [-0.1, -0.05) is 19.3 Å². The molecular formula is C14H20F2N2. The molecule has 4 heteroatoms. The zero-order chi connectivity index (χ0) is 13.0. The minimum absolute atomic E-state index is 0.0293. The average molecular weight is 254 g/mol. The lowest BCUT2D eigenvalue weighted by Crippen LogP contribution is -2.43. The van der Waals surface area contributed by atoms with Crippen molar-refractivity contribution in [2.45, 2.75) is 44.6 Å². The number of halogens is 2. The molecule has 1 aromatic rings. The molecule has 18 heavy (non-hydrogen) atoms. The molecule has 1 aliphatic carbocycles. The van der Waals surface area contributed by atoms with Crippen molar-refractivity contribution in [2.24, 2.45) is 11.8 Å². The van der Waals surface area contributed by atoms with Crippen LogP contribution in [0.1, 0.15) is 37.7 Å². The van der Waals surface area contributed by atoms with Gasteiger partial charge in [0.2, 0.25) is 0 Å². The van der Waals surface area contributed by atoms with Gasteiger partial charge in [0.05, 0.1) is 0 Å². The Morgan fingerprint density at radius 3 is 2.61 bits per heavy atom. The van der Waals surface area contributed by atoms with Gasteiger partial charge >= 0.3 is 0 Å². The van der Waals surface area contributed by atoms with Gasteiger partial charge in [-0.2, -0.15) is 0 Å². The summed E-state index contributed by atoms with van der Waals surface area (Å²) in [5.41, 5.74) is 3.18. The molecule has 0 aromatic heterocycles. The Balaban J connectivity index is 2.06. The topological polar surface area (TPSA) is 38.0 Å². The van der Waals surface area contributed by atoms with Crippen LogP contribution in [0.2, 0.25) is 0 Å². The summed E-state index contributed by atoms with van der Waals surface area (Å²) >= 11 is 0. The highest BCUT2D eigenvalue weighted by atomic mass is 19.1. The van der Waals surface area contributed by atoms with E-state index in [0.29, 0.717) is 17.9 Å². The Hall–Kier alpha value is -1.00. The first kappa shape index (κ1) is 13.4. The van der Waals surface area contributed by atoms with Gasteiger partial charge in [-0.05, 0) is 48.9 Å². The van der Waals surface area contributed by atoms with Gasteiger partial charge < -0.3 is 0 Å². The average Bonchev–Trinajstić information content (AvgIpc) is 2.41. The second-order valence-corrected chi connectivity index (χ2v) is 5.11. The Bertz CT molecular complexity index is 389. The van der Waals surface area contributed by atoms with E-state index < -0.39 is 5.82 Å². The molecule has 1 aliphatic rings. The monoisotopic (exact) mass is 254 g/mol. The van der Waals surface area contributed by atoms with E-state index in [1.165, 1.54) is 31.4 Å². The first-order valence-corrected chi connectivity index (χ1v) is 6.60. The minimum Gasteiger partial charge on any atom is -0.271 e. The molecule has 1 atom stereocenters. The first-order valence-electron chi connectivity index (χ1n) is 6.60. The second-order valence-electron chi connectivity index (χ2n) is 5.11. The van der Waals surface area contributed by atoms with Gasteiger partial charge in [0.15, 0.2) is 0 Å². The van der Waals surface area contributed by atoms with Gasteiger partial charge in [0.25, 0.3) is 0 Å². The molecule has 2 rings (SSSR count). The quantitative estimate of drug-likeness (QED) is 0.640. The fourth-order valence-electron chi connectivity index (χ4n) is 2.83. The summed E-state index contributed by atoms with van der Waals surface area (Å²) in [6.07, 6.45) is 6.35. The molecule has 0 aliphatic heterocycles. The minimum atomic E-state index is -0.397. The lowest BCUT2D eigenvalue weighted by Gasteiger charge is -2.29. The molecule has 1 fully saturated rings. The maximum Gasteiger partial charge on any atom is 0.126 e. The van der Waals surface area contributed by atoms with E-state index in [2.05, 4.69) is 5.43 Å². The molecule has 0 radical (unpaired) electrons. The Kier molecular flexibility index (Phi) is 4.66. The first-order chi connectivity index (χ1) is 8.70. The van der Waals surface area contributed by atoms with E-state index in [1.54, 1.807) is 0 Å². The standard InChI is InChI=1S/C14H20F2N2/c15-12-6-7-13(16)11(8-12)9-14(18-17)10-4-2-1-3-5-10/h6-8,10,14,18H,1-5,9,17H2. The fourth-order valence-corrected chi connectivity index (χ4v) is 2.83. The van der Waals surface area contributed by atoms with Crippen molar-refractivity contribution >= 4 is 0 Å². The second kappa shape index (κ2) is 6.25. The third-order valence-corrected chi connectivity index (χ3v) is 3.88. The van der Waals surface area contributed by atoms with Crippen LogP contribution in [0.3, 0.4) is 0 Å². The van der Waals surface area contributed by atoms with Crippen molar-refractivity contribution in [1.82, 2.24) is 5.43 Å². The lowest BCUT2D eigenvalue weighted by atomic mass is 9.82. The molecule has 100 valence electrons. The third kappa shape index (κ3) is 3.27. The molecule has 0 amide bonds. The van der Waals surface area contributed by atoms with Crippen LogP contribution in [-0.4, -0.2) is 6.04 Å². The summed E-state index contributed by atoms with van der Waals surface area (Å²) < 4.78 is 26.7. The number of hydrogen-bond donors (Lipinski definition) is 2. The summed E-state index contributed by atoms with van der Waals surface area (Å²) in [6, 6.07) is 3.62. The van der Waals surface area contributed by atoms with Crippen LogP contribution < -0.4 is 11.3 Å². The number of benzene rings is 1. The highest BCUT2D eigenvalue weighted by Crippen LogP contribution is 2.28. The van der Waals surface area contributed by atoms with Gasteiger partial charge in [-0.3, -0.25) is 11.3 Å². The molecule has 3 N–H and O–H groups in total.